The van der Waals surface area contributed by atoms with Gasteiger partial charge in [0.2, 0.25) is 11.0 Å². The van der Waals surface area contributed by atoms with Crippen LogP contribution in [0, 0.1) is 0 Å². The van der Waals surface area contributed by atoms with Gasteiger partial charge in [0.1, 0.15) is 0 Å². The Morgan fingerprint density at radius 2 is 0.852 bits per heavy atom. The summed E-state index contributed by atoms with van der Waals surface area (Å²) in [4.78, 5) is 4.45. The lowest BCUT2D eigenvalue weighted by atomic mass is 10.0. The predicted octanol–water partition coefficient (Wildman–Crippen LogP) is 5.18. The zero-order valence-electron chi connectivity index (χ0n) is 29.9. The van der Waals surface area contributed by atoms with Crippen molar-refractivity contribution in [2.24, 2.45) is 0 Å². The highest BCUT2D eigenvalue weighted by atomic mass is 79.9. The zero-order valence-corrected chi connectivity index (χ0v) is 34.6. The Bertz CT molecular complexity index is 2370. The highest BCUT2D eigenvalue weighted by Crippen LogP contribution is 2.33. The van der Waals surface area contributed by atoms with Crippen LogP contribution in [0.5, 0.6) is 0 Å². The maximum absolute atomic E-state index is 6.57. The van der Waals surface area contributed by atoms with Crippen LogP contribution in [-0.2, 0) is 13.1 Å². The Kier molecular flexibility index (Phi) is 12.4. The standard InChI is InChI=1S/C46H38Cl2N4.2BrH/c1-49(39-15-5-3-6-16-39)43-23-25-51(45-29-37(47)19-21-41(43)45)31-33-11-9-13-35(27-33)36-14-10-12-34(28-36)32-52-26-24-44(42-22-20-38(48)30-46(42)52)50(2)40-17-7-4-8-18-40;;/h3-30H,31-32H2,1-2H3;2*1H/q+2;;/p-2. The fourth-order valence-electron chi connectivity index (χ4n) is 7.11. The van der Waals surface area contributed by atoms with Crippen molar-refractivity contribution in [3.05, 3.63) is 191 Å². The van der Waals surface area contributed by atoms with Crippen molar-refractivity contribution in [1.82, 2.24) is 0 Å². The van der Waals surface area contributed by atoms with E-state index in [0.29, 0.717) is 13.1 Å². The molecule has 54 heavy (non-hydrogen) atoms. The highest BCUT2D eigenvalue weighted by molar-refractivity contribution is 6.31. The number of halogens is 4. The molecule has 8 aromatic rings. The van der Waals surface area contributed by atoms with Gasteiger partial charge in [0, 0.05) is 70.9 Å². The lowest BCUT2D eigenvalue weighted by Gasteiger charge is -2.21. The lowest BCUT2D eigenvalue weighted by Crippen LogP contribution is -3.00. The number of pyridine rings is 2. The maximum Gasteiger partial charge on any atom is 0.216 e. The van der Waals surface area contributed by atoms with E-state index in [1.54, 1.807) is 0 Å². The minimum Gasteiger partial charge on any atom is -1.00 e. The van der Waals surface area contributed by atoms with Gasteiger partial charge >= 0.3 is 0 Å². The first-order valence-corrected chi connectivity index (χ1v) is 18.2. The molecule has 4 nitrogen and oxygen atoms in total. The SMILES string of the molecule is CN(c1ccccc1)c1cc[n+](Cc2cccc(-c3cccc(C[n+]4ccc(N(C)c5ccccc5)c5ccc(Cl)cc54)c3)c2)c2cc(Cl)ccc12.[Br-].[Br-]. The van der Waals surface area contributed by atoms with Crippen LogP contribution in [0.15, 0.2) is 170 Å². The first-order chi connectivity index (χ1) is 25.4. The molecule has 0 spiro atoms. The van der Waals surface area contributed by atoms with E-state index in [0.717, 1.165) is 54.6 Å². The quantitative estimate of drug-likeness (QED) is 0.186. The molecule has 0 saturated carbocycles. The number of para-hydroxylation sites is 2. The van der Waals surface area contributed by atoms with Gasteiger partial charge in [-0.05, 0) is 71.8 Å². The van der Waals surface area contributed by atoms with E-state index in [4.69, 9.17) is 23.2 Å². The predicted molar refractivity (Wildman–Crippen MR) is 217 cm³/mol. The van der Waals surface area contributed by atoms with E-state index in [2.05, 4.69) is 179 Å². The monoisotopic (exact) mass is 874 g/mol. The molecule has 0 aliphatic heterocycles. The smallest absolute Gasteiger partial charge is 0.216 e. The molecule has 0 unspecified atom stereocenters. The third kappa shape index (κ3) is 8.18. The molecule has 0 bridgehead atoms. The number of aromatic nitrogens is 2. The summed E-state index contributed by atoms with van der Waals surface area (Å²) < 4.78 is 4.57. The molecule has 8 rings (SSSR count). The van der Waals surface area contributed by atoms with Gasteiger partial charge in [-0.15, -0.1) is 0 Å². The largest absolute Gasteiger partial charge is 1.00 e. The Hall–Kier alpha value is -4.72. The normalized spacial score (nSPS) is 10.8. The molecule has 0 fully saturated rings. The number of benzene rings is 6. The van der Waals surface area contributed by atoms with Gasteiger partial charge in [-0.2, -0.15) is 9.13 Å². The van der Waals surface area contributed by atoms with Crippen molar-refractivity contribution < 1.29 is 43.1 Å². The average molecular weight is 878 g/mol. The van der Waals surface area contributed by atoms with Gasteiger partial charge < -0.3 is 43.8 Å². The van der Waals surface area contributed by atoms with Gasteiger partial charge in [-0.25, -0.2) is 0 Å². The average Bonchev–Trinajstić information content (AvgIpc) is 3.18. The van der Waals surface area contributed by atoms with Crippen LogP contribution < -0.4 is 52.9 Å². The Morgan fingerprint density at radius 3 is 1.26 bits per heavy atom. The molecule has 2 aromatic heterocycles. The van der Waals surface area contributed by atoms with E-state index in [-0.39, 0.29) is 34.0 Å². The fraction of sp³-hybridized carbons (Fsp3) is 0.0870. The molecule has 2 heterocycles. The minimum atomic E-state index is 0. The second-order valence-electron chi connectivity index (χ2n) is 13.2. The molecule has 0 radical (unpaired) electrons. The number of anilines is 4. The summed E-state index contributed by atoms with van der Waals surface area (Å²) in [6, 6.07) is 55.2. The van der Waals surface area contributed by atoms with E-state index < -0.39 is 0 Å². The first-order valence-electron chi connectivity index (χ1n) is 17.4. The second kappa shape index (κ2) is 17.2. The summed E-state index contributed by atoms with van der Waals surface area (Å²) in [7, 11) is 4.22. The van der Waals surface area contributed by atoms with Crippen LogP contribution in [0.25, 0.3) is 32.9 Å². The number of rotatable bonds is 9. The molecule has 0 aliphatic carbocycles. The van der Waals surface area contributed by atoms with Crippen LogP contribution in [0.4, 0.5) is 22.7 Å². The van der Waals surface area contributed by atoms with Crippen LogP contribution in [0.3, 0.4) is 0 Å². The van der Waals surface area contributed by atoms with Gasteiger partial charge in [0.25, 0.3) is 0 Å². The second-order valence-corrected chi connectivity index (χ2v) is 14.0. The molecular weight excluding hydrogens is 839 g/mol. The fourth-order valence-corrected chi connectivity index (χ4v) is 7.45. The summed E-state index contributed by atoms with van der Waals surface area (Å²) in [5.74, 6) is 0. The Morgan fingerprint density at radius 1 is 0.444 bits per heavy atom. The van der Waals surface area contributed by atoms with Gasteiger partial charge in [-0.3, -0.25) is 0 Å². The summed E-state index contributed by atoms with van der Waals surface area (Å²) >= 11 is 13.1. The molecule has 6 aromatic carbocycles. The van der Waals surface area contributed by atoms with Crippen LogP contribution in [0.2, 0.25) is 10.0 Å². The van der Waals surface area contributed by atoms with Crippen molar-refractivity contribution in [1.29, 1.82) is 0 Å². The molecule has 0 atom stereocenters. The van der Waals surface area contributed by atoms with E-state index in [1.807, 2.05) is 24.3 Å². The van der Waals surface area contributed by atoms with Crippen LogP contribution >= 0.6 is 23.2 Å². The van der Waals surface area contributed by atoms with Crippen molar-refractivity contribution in [2.75, 3.05) is 23.9 Å². The molecule has 0 amide bonds. The molecule has 8 heteroatoms. The number of hydrogen-bond donors (Lipinski definition) is 0. The van der Waals surface area contributed by atoms with Crippen molar-refractivity contribution in [3.63, 3.8) is 0 Å². The lowest BCUT2D eigenvalue weighted by molar-refractivity contribution is -0.662. The van der Waals surface area contributed by atoms with Gasteiger partial charge in [-0.1, -0.05) is 96.0 Å². The summed E-state index contributed by atoms with van der Waals surface area (Å²) in [6.07, 6.45) is 4.33. The Balaban J connectivity index is 0.00000249. The third-order valence-electron chi connectivity index (χ3n) is 9.82. The maximum atomic E-state index is 6.57. The van der Waals surface area contributed by atoms with Gasteiger partial charge in [0.05, 0.1) is 22.1 Å². The number of nitrogens with zero attached hydrogens (tertiary/aromatic N) is 4. The van der Waals surface area contributed by atoms with E-state index in [1.165, 1.54) is 22.3 Å². The van der Waals surface area contributed by atoms with E-state index in [9.17, 15) is 0 Å². The minimum absolute atomic E-state index is 0. The number of hydrogen-bond acceptors (Lipinski definition) is 2. The van der Waals surface area contributed by atoms with Crippen LogP contribution in [-0.4, -0.2) is 14.1 Å². The third-order valence-corrected chi connectivity index (χ3v) is 10.3. The molecule has 270 valence electrons. The summed E-state index contributed by atoms with van der Waals surface area (Å²) in [5, 5.41) is 3.73. The van der Waals surface area contributed by atoms with Crippen molar-refractivity contribution in [3.8, 4) is 11.1 Å². The summed E-state index contributed by atoms with van der Waals surface area (Å²) in [5.41, 5.74) is 11.5. The first kappa shape index (κ1) is 39.0. The Labute approximate surface area is 348 Å². The topological polar surface area (TPSA) is 14.2 Å². The van der Waals surface area contributed by atoms with Crippen LogP contribution in [0.1, 0.15) is 11.1 Å². The molecular formula is C46H38Br2Cl2N4. The molecule has 0 N–H and O–H groups in total. The van der Waals surface area contributed by atoms with Crippen molar-refractivity contribution in [2.45, 2.75) is 13.1 Å². The van der Waals surface area contributed by atoms with Gasteiger partial charge in [0.15, 0.2) is 25.5 Å². The summed E-state index contributed by atoms with van der Waals surface area (Å²) in [6.45, 7) is 1.43. The van der Waals surface area contributed by atoms with Crippen molar-refractivity contribution >= 4 is 67.8 Å². The number of fused-ring (bicyclic) bond motifs is 2. The van der Waals surface area contributed by atoms with E-state index >= 15 is 0 Å². The highest BCUT2D eigenvalue weighted by Gasteiger charge is 2.19. The molecule has 0 aliphatic rings. The zero-order chi connectivity index (χ0) is 35.6. The molecule has 0 saturated heterocycles.